The van der Waals surface area contributed by atoms with Crippen molar-refractivity contribution in [2.45, 2.75) is 0 Å². The Balaban J connectivity index is 0. The fourth-order valence-corrected chi connectivity index (χ4v) is 0. The summed E-state index contributed by atoms with van der Waals surface area (Å²) in [5.41, 5.74) is 0. The van der Waals surface area contributed by atoms with Gasteiger partial charge in [0.05, 0.1) is 0 Å². The number of hydrogen-bond donors (Lipinski definition) is 0. The summed E-state index contributed by atoms with van der Waals surface area (Å²) in [6, 6.07) is 0. The molecule has 0 heterocycles. The van der Waals surface area contributed by atoms with Crippen molar-refractivity contribution in [3.05, 3.63) is 0 Å². The summed E-state index contributed by atoms with van der Waals surface area (Å²) in [4.78, 5) is 0. The van der Waals surface area contributed by atoms with Gasteiger partial charge in [0.25, 0.3) is 0 Å². The average Bonchev–Trinajstić information content (AvgIpc) is 0. The molecule has 0 spiro atoms. The molecular weight excluding hydrogens is 419 g/mol. The Morgan fingerprint density at radius 1 is 0.429 bits per heavy atom. The van der Waals surface area contributed by atoms with Crippen LogP contribution in [0.1, 0.15) is 0 Å². The zero-order valence-electron chi connectivity index (χ0n) is 5.60. The van der Waals surface area contributed by atoms with Crippen molar-refractivity contribution >= 4 is 19.8 Å². The van der Waals surface area contributed by atoms with Gasteiger partial charge in [-0.25, -0.2) is 0 Å². The summed E-state index contributed by atoms with van der Waals surface area (Å²) in [5.74, 6) is 0. The molecule has 0 aromatic rings. The maximum absolute atomic E-state index is 0. The monoisotopic (exact) mass is 420 g/mol. The van der Waals surface area contributed by atoms with Gasteiger partial charge in [0.15, 0.2) is 0 Å². The van der Waals surface area contributed by atoms with E-state index in [-0.39, 0.29) is 253 Å². The molecule has 0 saturated heterocycles. The zero-order chi connectivity index (χ0) is 0. The average molecular weight is 419 g/mol. The summed E-state index contributed by atoms with van der Waals surface area (Å²) in [7, 11) is 0. The van der Waals surface area contributed by atoms with Gasteiger partial charge in [-0.15, -0.1) is 0 Å². The molecule has 0 aromatic carbocycles. The SMILES string of the molecule is [Hg+2].[K+].[K+].[K+].[K+].[P-3].[P-3]. The molecule has 0 N–H and O–H groups in total. The Labute approximate surface area is 243 Å². The van der Waals surface area contributed by atoms with Crippen LogP contribution >= 0.6 is 19.8 Å². The molecule has 0 aliphatic heterocycles. The molecule has 0 nitrogen and oxygen atoms in total. The molecule has 0 saturated carbocycles. The Kier molecular flexibility index (Phi) is 238. The molecule has 0 unspecified atom stereocenters. The first-order valence-electron chi connectivity index (χ1n) is 0. The fraction of sp³-hybridized carbons (Fsp3) is 0. The minimum absolute atomic E-state index is 0. The second-order valence-corrected chi connectivity index (χ2v) is 0. The fourth-order valence-electron chi connectivity index (χ4n) is 0. The Morgan fingerprint density at radius 3 is 0.429 bits per heavy atom. The van der Waals surface area contributed by atoms with Crippen molar-refractivity contribution in [2.24, 2.45) is 0 Å². The van der Waals surface area contributed by atoms with Crippen molar-refractivity contribution in [3.63, 3.8) is 0 Å². The van der Waals surface area contributed by atoms with Crippen LogP contribution in [0.3, 0.4) is 0 Å². The standard InChI is InChI=1S/Hg.4K.2P/q+2;4*+1;2*-3. The van der Waals surface area contributed by atoms with Crippen molar-refractivity contribution in [1.82, 2.24) is 0 Å². The van der Waals surface area contributed by atoms with Gasteiger partial charge in [0.2, 0.25) is 0 Å². The third-order valence-electron chi connectivity index (χ3n) is 0. The van der Waals surface area contributed by atoms with Crippen molar-refractivity contribution in [1.29, 1.82) is 0 Å². The molecular formula is HgK4P2. The van der Waals surface area contributed by atoms with E-state index in [0.717, 1.165) is 0 Å². The molecule has 0 fully saturated rings. The maximum Gasteiger partial charge on any atom is 2.00 e. The minimum Gasteiger partial charge on any atom is -3.00 e. The third kappa shape index (κ3) is 31.4. The predicted molar refractivity (Wildman–Crippen MR) is 13.8 cm³/mol. The van der Waals surface area contributed by atoms with Crippen LogP contribution in [-0.2, 0) is 27.7 Å². The van der Waals surface area contributed by atoms with Crippen molar-refractivity contribution in [3.8, 4) is 0 Å². The molecule has 7 heteroatoms. The van der Waals surface area contributed by atoms with Crippen LogP contribution in [-0.4, -0.2) is 0 Å². The first-order chi connectivity index (χ1) is 0. The van der Waals surface area contributed by atoms with Gasteiger partial charge in [0.1, 0.15) is 0 Å². The molecule has 0 radical (unpaired) electrons. The first-order valence-corrected chi connectivity index (χ1v) is 0. The normalized spacial score (nSPS) is 0. The molecule has 0 amide bonds. The molecule has 0 rings (SSSR count). The van der Waals surface area contributed by atoms with Gasteiger partial charge in [-0.2, -0.15) is 0 Å². The van der Waals surface area contributed by atoms with Gasteiger partial charge < -0.3 is 19.8 Å². The largest absolute Gasteiger partial charge is 3.00 e. The molecule has 0 atom stereocenters. The van der Waals surface area contributed by atoms with Crippen LogP contribution in [0.4, 0.5) is 0 Å². The van der Waals surface area contributed by atoms with E-state index in [0.29, 0.717) is 0 Å². The van der Waals surface area contributed by atoms with Gasteiger partial charge in [-0.3, -0.25) is 0 Å². The quantitative estimate of drug-likeness (QED) is 0.271. The van der Waals surface area contributed by atoms with Crippen LogP contribution in [0.5, 0.6) is 0 Å². The van der Waals surface area contributed by atoms with E-state index in [1.807, 2.05) is 0 Å². The molecule has 0 aromatic heterocycles. The van der Waals surface area contributed by atoms with Gasteiger partial charge in [0, 0.05) is 0 Å². The molecule has 0 bridgehead atoms. The predicted octanol–water partition coefficient (Wildman–Crippen LogP) is -10.3. The van der Waals surface area contributed by atoms with Gasteiger partial charge in [-0.1, -0.05) is 0 Å². The van der Waals surface area contributed by atoms with E-state index >= 15 is 0 Å². The van der Waals surface area contributed by atoms with Crippen LogP contribution in [0, 0.1) is 0 Å². The van der Waals surface area contributed by atoms with Crippen molar-refractivity contribution < 1.29 is 233 Å². The van der Waals surface area contributed by atoms with E-state index in [2.05, 4.69) is 0 Å². The molecule has 16 valence electrons. The summed E-state index contributed by atoms with van der Waals surface area (Å²) >= 11 is 0. The molecule has 0 aliphatic rings. The molecule has 7 heavy (non-hydrogen) atoms. The summed E-state index contributed by atoms with van der Waals surface area (Å²) < 4.78 is 0. The zero-order valence-corrected chi connectivity index (χ0v) is 25.4. The van der Waals surface area contributed by atoms with Crippen molar-refractivity contribution in [2.75, 3.05) is 0 Å². The van der Waals surface area contributed by atoms with E-state index in [1.165, 1.54) is 0 Å². The second-order valence-electron chi connectivity index (χ2n) is 0. The smallest absolute Gasteiger partial charge is 2.00 e. The van der Waals surface area contributed by atoms with Crippen LogP contribution in [0.15, 0.2) is 0 Å². The van der Waals surface area contributed by atoms with E-state index in [9.17, 15) is 0 Å². The van der Waals surface area contributed by atoms with Crippen LogP contribution < -0.4 is 206 Å². The topological polar surface area (TPSA) is 0 Å². The summed E-state index contributed by atoms with van der Waals surface area (Å²) in [6.45, 7) is 0. The van der Waals surface area contributed by atoms with E-state index in [1.54, 1.807) is 0 Å². The summed E-state index contributed by atoms with van der Waals surface area (Å²) in [6.07, 6.45) is 0. The Bertz CT molecular complexity index is 9.65. The van der Waals surface area contributed by atoms with Crippen LogP contribution in [0.2, 0.25) is 0 Å². The Morgan fingerprint density at radius 2 is 0.429 bits per heavy atom. The third-order valence-corrected chi connectivity index (χ3v) is 0. The molecule has 0 aliphatic carbocycles. The van der Waals surface area contributed by atoms with Crippen LogP contribution in [0.25, 0.3) is 0 Å². The maximum atomic E-state index is 0. The number of hydrogen-bond acceptors (Lipinski definition) is 0. The van der Waals surface area contributed by atoms with E-state index < -0.39 is 0 Å². The van der Waals surface area contributed by atoms with Gasteiger partial charge >= 0.3 is 233 Å². The minimum atomic E-state index is 0. The Hall–Kier alpha value is 8.34. The second kappa shape index (κ2) is 36.7. The van der Waals surface area contributed by atoms with Gasteiger partial charge in [-0.05, 0) is 0 Å². The number of rotatable bonds is 0. The first kappa shape index (κ1) is 45.4. The summed E-state index contributed by atoms with van der Waals surface area (Å²) in [5, 5.41) is 0. The van der Waals surface area contributed by atoms with E-state index in [4.69, 9.17) is 0 Å².